The summed E-state index contributed by atoms with van der Waals surface area (Å²) in [7, 11) is 0. The summed E-state index contributed by atoms with van der Waals surface area (Å²) < 4.78 is 11.1. The molecule has 3 aromatic rings. The van der Waals surface area contributed by atoms with Crippen LogP contribution in [0.15, 0.2) is 60.7 Å². The number of carbonyl (C=O) groups is 2. The van der Waals surface area contributed by atoms with Crippen molar-refractivity contribution in [3.63, 3.8) is 0 Å². The molecule has 6 heteroatoms. The molecule has 0 aromatic heterocycles. The fourth-order valence-corrected chi connectivity index (χ4v) is 4.64. The van der Waals surface area contributed by atoms with Crippen molar-refractivity contribution in [3.8, 4) is 11.8 Å². The van der Waals surface area contributed by atoms with Crippen molar-refractivity contribution in [1.82, 2.24) is 5.32 Å². The molecule has 0 fully saturated rings. The first-order valence-electron chi connectivity index (χ1n) is 13.5. The maximum absolute atomic E-state index is 13.8. The predicted molar refractivity (Wildman–Crippen MR) is 152 cm³/mol. The summed E-state index contributed by atoms with van der Waals surface area (Å²) >= 11 is 0. The van der Waals surface area contributed by atoms with E-state index in [4.69, 9.17) is 14.7 Å². The SMILES string of the molecule is CCOC(=O)CCc1ccc(OCc2cccc(C#N)c2)cc1C(=O)NC(CC(C)C)c1cc(C)cc(C)c1. The monoisotopic (exact) mass is 526 g/mol. The number of nitriles is 1. The molecule has 0 spiro atoms. The lowest BCUT2D eigenvalue weighted by Gasteiger charge is -2.23. The predicted octanol–water partition coefficient (Wildman–Crippen LogP) is 6.77. The zero-order chi connectivity index (χ0) is 28.4. The molecule has 1 amide bonds. The van der Waals surface area contributed by atoms with Gasteiger partial charge in [-0.3, -0.25) is 9.59 Å². The average Bonchev–Trinajstić information content (AvgIpc) is 2.90. The minimum atomic E-state index is -0.297. The van der Waals surface area contributed by atoms with Gasteiger partial charge < -0.3 is 14.8 Å². The van der Waals surface area contributed by atoms with Crippen LogP contribution in [0.5, 0.6) is 5.75 Å². The molecule has 6 nitrogen and oxygen atoms in total. The maximum atomic E-state index is 13.8. The van der Waals surface area contributed by atoms with Crippen molar-refractivity contribution < 1.29 is 19.1 Å². The van der Waals surface area contributed by atoms with Gasteiger partial charge in [0.15, 0.2) is 0 Å². The molecule has 0 aliphatic carbocycles. The van der Waals surface area contributed by atoms with Crippen molar-refractivity contribution in [2.45, 2.75) is 66.5 Å². The molecule has 204 valence electrons. The molecule has 1 unspecified atom stereocenters. The van der Waals surface area contributed by atoms with Crippen molar-refractivity contribution >= 4 is 11.9 Å². The summed E-state index contributed by atoms with van der Waals surface area (Å²) in [5, 5.41) is 12.4. The number of rotatable bonds is 12. The van der Waals surface area contributed by atoms with E-state index in [-0.39, 0.29) is 30.9 Å². The minimum Gasteiger partial charge on any atom is -0.489 e. The highest BCUT2D eigenvalue weighted by Crippen LogP contribution is 2.26. The third kappa shape index (κ3) is 9.00. The second-order valence-electron chi connectivity index (χ2n) is 10.3. The summed E-state index contributed by atoms with van der Waals surface area (Å²) in [6.45, 7) is 10.8. The van der Waals surface area contributed by atoms with Crippen LogP contribution in [-0.4, -0.2) is 18.5 Å². The molecule has 1 N–H and O–H groups in total. The first kappa shape index (κ1) is 29.4. The van der Waals surface area contributed by atoms with Gasteiger partial charge in [-0.25, -0.2) is 0 Å². The minimum absolute atomic E-state index is 0.160. The number of hydrogen-bond donors (Lipinski definition) is 1. The molecular weight excluding hydrogens is 488 g/mol. The summed E-state index contributed by atoms with van der Waals surface area (Å²) in [5.41, 5.74) is 6.03. The van der Waals surface area contributed by atoms with Gasteiger partial charge in [-0.05, 0) is 80.5 Å². The van der Waals surface area contributed by atoms with Gasteiger partial charge in [0.05, 0.1) is 24.3 Å². The Kier molecular flexibility index (Phi) is 10.7. The largest absolute Gasteiger partial charge is 0.489 e. The van der Waals surface area contributed by atoms with Crippen LogP contribution in [0.25, 0.3) is 0 Å². The van der Waals surface area contributed by atoms with E-state index in [1.54, 1.807) is 31.2 Å². The van der Waals surface area contributed by atoms with E-state index in [0.717, 1.165) is 34.2 Å². The standard InChI is InChI=1S/C33H38N2O4/c1-6-38-32(36)13-11-27-10-12-29(39-21-26-9-7-8-25(18-26)20-34)19-30(27)33(37)35-31(14-22(2)3)28-16-23(4)15-24(5)17-28/h7-10,12,15-19,22,31H,6,11,13-14,21H2,1-5H3,(H,35,37). The molecule has 1 atom stereocenters. The van der Waals surface area contributed by atoms with E-state index in [2.05, 4.69) is 57.3 Å². The first-order valence-corrected chi connectivity index (χ1v) is 13.5. The van der Waals surface area contributed by atoms with Crippen LogP contribution in [-0.2, 0) is 22.6 Å². The van der Waals surface area contributed by atoms with E-state index in [0.29, 0.717) is 35.8 Å². The van der Waals surface area contributed by atoms with E-state index in [1.807, 2.05) is 18.2 Å². The van der Waals surface area contributed by atoms with E-state index < -0.39 is 0 Å². The first-order chi connectivity index (χ1) is 18.7. The van der Waals surface area contributed by atoms with Crippen molar-refractivity contribution in [1.29, 1.82) is 5.26 Å². The van der Waals surface area contributed by atoms with Crippen LogP contribution >= 0.6 is 0 Å². The Morgan fingerprint density at radius 2 is 1.74 bits per heavy atom. The number of ether oxygens (including phenoxy) is 2. The number of amides is 1. The Hall–Kier alpha value is -4.11. The van der Waals surface area contributed by atoms with Crippen LogP contribution < -0.4 is 10.1 Å². The summed E-state index contributed by atoms with van der Waals surface area (Å²) in [4.78, 5) is 25.8. The lowest BCUT2D eigenvalue weighted by Crippen LogP contribution is -2.30. The zero-order valence-corrected chi connectivity index (χ0v) is 23.5. The highest BCUT2D eigenvalue weighted by atomic mass is 16.5. The quantitative estimate of drug-likeness (QED) is 0.263. The van der Waals surface area contributed by atoms with Crippen LogP contribution in [0.3, 0.4) is 0 Å². The summed E-state index contributed by atoms with van der Waals surface area (Å²) in [6, 6.07) is 20.9. The summed E-state index contributed by atoms with van der Waals surface area (Å²) in [5.74, 6) is 0.400. The Morgan fingerprint density at radius 1 is 1.00 bits per heavy atom. The number of aryl methyl sites for hydroxylation is 3. The number of carbonyl (C=O) groups excluding carboxylic acids is 2. The van der Waals surface area contributed by atoms with E-state index >= 15 is 0 Å². The van der Waals surface area contributed by atoms with E-state index in [9.17, 15) is 9.59 Å². The smallest absolute Gasteiger partial charge is 0.306 e. The van der Waals surface area contributed by atoms with Gasteiger partial charge in [-0.1, -0.05) is 61.4 Å². The fraction of sp³-hybridized carbons (Fsp3) is 0.364. The Balaban J connectivity index is 1.89. The van der Waals surface area contributed by atoms with Gasteiger partial charge in [0, 0.05) is 12.0 Å². The lowest BCUT2D eigenvalue weighted by molar-refractivity contribution is -0.143. The van der Waals surface area contributed by atoms with Crippen LogP contribution in [0.2, 0.25) is 0 Å². The molecule has 3 aromatic carbocycles. The third-order valence-electron chi connectivity index (χ3n) is 6.35. The average molecular weight is 527 g/mol. The molecule has 0 radical (unpaired) electrons. The second kappa shape index (κ2) is 14.2. The Morgan fingerprint density at radius 3 is 2.41 bits per heavy atom. The van der Waals surface area contributed by atoms with Gasteiger partial charge in [0.2, 0.25) is 0 Å². The number of benzene rings is 3. The molecule has 3 rings (SSSR count). The van der Waals surface area contributed by atoms with Gasteiger partial charge in [-0.15, -0.1) is 0 Å². The molecular formula is C33H38N2O4. The van der Waals surface area contributed by atoms with Crippen molar-refractivity contribution in [2.24, 2.45) is 5.92 Å². The van der Waals surface area contributed by atoms with Crippen molar-refractivity contribution in [2.75, 3.05) is 6.61 Å². The number of esters is 1. The second-order valence-corrected chi connectivity index (χ2v) is 10.3. The molecule has 0 aliphatic heterocycles. The highest BCUT2D eigenvalue weighted by Gasteiger charge is 2.21. The number of hydrogen-bond acceptors (Lipinski definition) is 5. The number of nitrogens with one attached hydrogen (secondary N) is 1. The van der Waals surface area contributed by atoms with Crippen molar-refractivity contribution in [3.05, 3.63) is 99.6 Å². The molecule has 0 saturated heterocycles. The number of nitrogens with zero attached hydrogens (tertiary/aromatic N) is 1. The van der Waals surface area contributed by atoms with Crippen LogP contribution in [0.4, 0.5) is 0 Å². The Bertz CT molecular complexity index is 1320. The topological polar surface area (TPSA) is 88.4 Å². The van der Waals surface area contributed by atoms with Gasteiger partial charge in [0.25, 0.3) is 5.91 Å². The maximum Gasteiger partial charge on any atom is 0.306 e. The highest BCUT2D eigenvalue weighted by molar-refractivity contribution is 5.96. The molecule has 39 heavy (non-hydrogen) atoms. The Labute approximate surface area is 232 Å². The molecule has 0 saturated carbocycles. The molecule has 0 aliphatic rings. The fourth-order valence-electron chi connectivity index (χ4n) is 4.64. The normalized spacial score (nSPS) is 11.5. The van der Waals surface area contributed by atoms with Crippen LogP contribution in [0.1, 0.15) is 83.4 Å². The van der Waals surface area contributed by atoms with Gasteiger partial charge >= 0.3 is 5.97 Å². The van der Waals surface area contributed by atoms with E-state index in [1.165, 1.54) is 0 Å². The molecule has 0 heterocycles. The van der Waals surface area contributed by atoms with Gasteiger partial charge in [0.1, 0.15) is 12.4 Å². The zero-order valence-electron chi connectivity index (χ0n) is 23.5. The lowest BCUT2D eigenvalue weighted by atomic mass is 9.93. The van der Waals surface area contributed by atoms with Crippen LogP contribution in [0, 0.1) is 31.1 Å². The molecule has 0 bridgehead atoms. The summed E-state index contributed by atoms with van der Waals surface area (Å²) in [6.07, 6.45) is 1.35. The van der Waals surface area contributed by atoms with Gasteiger partial charge in [-0.2, -0.15) is 5.26 Å². The third-order valence-corrected chi connectivity index (χ3v) is 6.35.